The van der Waals surface area contributed by atoms with Gasteiger partial charge < -0.3 is 5.32 Å². The van der Waals surface area contributed by atoms with E-state index < -0.39 is 0 Å². The van der Waals surface area contributed by atoms with Crippen LogP contribution in [-0.4, -0.2) is 6.54 Å². The van der Waals surface area contributed by atoms with Crippen molar-refractivity contribution in [3.05, 3.63) is 35.4 Å². The molecule has 0 radical (unpaired) electrons. The first kappa shape index (κ1) is 14.6. The first-order valence-corrected chi connectivity index (χ1v) is 8.05. The highest BCUT2D eigenvalue weighted by molar-refractivity contribution is 5.24. The van der Waals surface area contributed by atoms with Crippen LogP contribution in [0.3, 0.4) is 0 Å². The molecule has 0 aromatic heterocycles. The Balaban J connectivity index is 1.72. The molecule has 1 aliphatic carbocycles. The van der Waals surface area contributed by atoms with Crippen LogP contribution in [0.4, 0.5) is 0 Å². The van der Waals surface area contributed by atoms with E-state index in [9.17, 15) is 0 Å². The first-order chi connectivity index (χ1) is 9.25. The maximum Gasteiger partial charge on any atom is 0.0205 e. The second-order valence-electron chi connectivity index (χ2n) is 6.38. The van der Waals surface area contributed by atoms with Gasteiger partial charge in [0.25, 0.3) is 0 Å². The Bertz CT molecular complexity index is 344. The van der Waals surface area contributed by atoms with Gasteiger partial charge in [0.05, 0.1) is 0 Å². The summed E-state index contributed by atoms with van der Waals surface area (Å²) in [4.78, 5) is 0. The second-order valence-corrected chi connectivity index (χ2v) is 6.38. The predicted molar refractivity (Wildman–Crippen MR) is 83.4 cm³/mol. The molecule has 0 amide bonds. The summed E-state index contributed by atoms with van der Waals surface area (Å²) in [6, 6.07) is 9.09. The zero-order valence-corrected chi connectivity index (χ0v) is 12.6. The van der Waals surface area contributed by atoms with Gasteiger partial charge in [-0.1, -0.05) is 63.8 Å². The maximum atomic E-state index is 3.65. The zero-order chi connectivity index (χ0) is 13.5. The average Bonchev–Trinajstić information content (AvgIpc) is 2.68. The second kappa shape index (κ2) is 7.69. The van der Waals surface area contributed by atoms with Crippen molar-refractivity contribution in [3.8, 4) is 0 Å². The van der Waals surface area contributed by atoms with Crippen LogP contribution in [0.15, 0.2) is 24.3 Å². The summed E-state index contributed by atoms with van der Waals surface area (Å²) in [6.45, 7) is 6.72. The molecule has 2 rings (SSSR count). The topological polar surface area (TPSA) is 12.0 Å². The van der Waals surface area contributed by atoms with Gasteiger partial charge in [-0.15, -0.1) is 0 Å². The van der Waals surface area contributed by atoms with Gasteiger partial charge in [-0.25, -0.2) is 0 Å². The molecule has 0 heterocycles. The fraction of sp³-hybridized carbons (Fsp3) is 0.667. The Morgan fingerprint density at radius 2 is 1.63 bits per heavy atom. The van der Waals surface area contributed by atoms with E-state index in [1.807, 2.05) is 0 Å². The number of benzene rings is 1. The van der Waals surface area contributed by atoms with Crippen LogP contribution in [0.25, 0.3) is 0 Å². The van der Waals surface area contributed by atoms with Crippen LogP contribution < -0.4 is 5.32 Å². The molecule has 0 unspecified atom stereocenters. The van der Waals surface area contributed by atoms with E-state index >= 15 is 0 Å². The van der Waals surface area contributed by atoms with Crippen molar-refractivity contribution in [1.29, 1.82) is 0 Å². The van der Waals surface area contributed by atoms with E-state index in [1.54, 1.807) is 0 Å². The Morgan fingerprint density at radius 1 is 1.00 bits per heavy atom. The summed E-state index contributed by atoms with van der Waals surface area (Å²) >= 11 is 0. The number of hydrogen-bond acceptors (Lipinski definition) is 1. The summed E-state index contributed by atoms with van der Waals surface area (Å²) in [7, 11) is 0. The zero-order valence-electron chi connectivity index (χ0n) is 12.6. The van der Waals surface area contributed by atoms with Crippen LogP contribution >= 0.6 is 0 Å². The summed E-state index contributed by atoms with van der Waals surface area (Å²) in [5.74, 6) is 1.55. The van der Waals surface area contributed by atoms with E-state index in [1.165, 1.54) is 56.2 Å². The van der Waals surface area contributed by atoms with Crippen molar-refractivity contribution in [2.75, 3.05) is 6.54 Å². The van der Waals surface area contributed by atoms with Crippen LogP contribution in [0, 0.1) is 5.92 Å². The molecule has 0 bridgehead atoms. The molecule has 19 heavy (non-hydrogen) atoms. The van der Waals surface area contributed by atoms with Gasteiger partial charge in [0.2, 0.25) is 0 Å². The highest BCUT2D eigenvalue weighted by Crippen LogP contribution is 2.22. The number of nitrogens with one attached hydrogen (secondary N) is 1. The minimum atomic E-state index is 0.632. The van der Waals surface area contributed by atoms with E-state index in [0.29, 0.717) is 5.92 Å². The quantitative estimate of drug-likeness (QED) is 0.744. The smallest absolute Gasteiger partial charge is 0.0205 e. The molecule has 0 saturated heterocycles. The van der Waals surface area contributed by atoms with E-state index in [0.717, 1.165) is 12.5 Å². The lowest BCUT2D eigenvalue weighted by Gasteiger charge is -2.15. The van der Waals surface area contributed by atoms with Crippen molar-refractivity contribution in [1.82, 2.24) is 5.32 Å². The molecule has 1 nitrogen and oxygen atoms in total. The summed E-state index contributed by atoms with van der Waals surface area (Å²) in [5.41, 5.74) is 2.85. The first-order valence-electron chi connectivity index (χ1n) is 8.05. The number of rotatable bonds is 5. The molecule has 1 saturated carbocycles. The normalized spacial score (nSPS) is 17.6. The van der Waals surface area contributed by atoms with Crippen molar-refractivity contribution < 1.29 is 0 Å². The van der Waals surface area contributed by atoms with Crippen LogP contribution in [0.5, 0.6) is 0 Å². The summed E-state index contributed by atoms with van der Waals surface area (Å²) in [5, 5.41) is 3.65. The molecule has 1 aromatic carbocycles. The van der Waals surface area contributed by atoms with E-state index in [4.69, 9.17) is 0 Å². The average molecular weight is 259 g/mol. The van der Waals surface area contributed by atoms with Crippen LogP contribution in [0.2, 0.25) is 0 Å². The third-order valence-electron chi connectivity index (χ3n) is 4.38. The third-order valence-corrected chi connectivity index (χ3v) is 4.38. The third kappa shape index (κ3) is 4.99. The minimum absolute atomic E-state index is 0.632. The van der Waals surface area contributed by atoms with Gasteiger partial charge in [0.1, 0.15) is 0 Å². The molecule has 1 heteroatoms. The highest BCUT2D eigenvalue weighted by atomic mass is 14.9. The molecule has 106 valence electrons. The van der Waals surface area contributed by atoms with Gasteiger partial charge in [0, 0.05) is 6.54 Å². The fourth-order valence-electron chi connectivity index (χ4n) is 3.01. The Morgan fingerprint density at radius 3 is 2.21 bits per heavy atom. The molecule has 0 atom stereocenters. The Kier molecular flexibility index (Phi) is 5.91. The molecule has 1 aliphatic rings. The van der Waals surface area contributed by atoms with E-state index in [2.05, 4.69) is 43.4 Å². The van der Waals surface area contributed by atoms with Crippen molar-refractivity contribution >= 4 is 0 Å². The fourth-order valence-corrected chi connectivity index (χ4v) is 3.01. The van der Waals surface area contributed by atoms with Crippen molar-refractivity contribution in [3.63, 3.8) is 0 Å². The monoisotopic (exact) mass is 259 g/mol. The van der Waals surface area contributed by atoms with Crippen molar-refractivity contribution in [2.24, 2.45) is 5.92 Å². The molecular weight excluding hydrogens is 230 g/mol. The van der Waals surface area contributed by atoms with Crippen LogP contribution in [0.1, 0.15) is 69.4 Å². The minimum Gasteiger partial charge on any atom is -0.312 e. The maximum absolute atomic E-state index is 3.65. The largest absolute Gasteiger partial charge is 0.312 e. The van der Waals surface area contributed by atoms with Crippen LogP contribution in [-0.2, 0) is 6.54 Å². The molecule has 1 fully saturated rings. The van der Waals surface area contributed by atoms with Gasteiger partial charge >= 0.3 is 0 Å². The van der Waals surface area contributed by atoms with Gasteiger partial charge in [0.15, 0.2) is 0 Å². The van der Waals surface area contributed by atoms with Crippen molar-refractivity contribution in [2.45, 2.75) is 64.8 Å². The molecule has 0 spiro atoms. The lowest BCUT2D eigenvalue weighted by molar-refractivity contribution is 0.425. The number of hydrogen-bond donors (Lipinski definition) is 1. The Hall–Kier alpha value is -0.820. The SMILES string of the molecule is CC(C)c1ccc(CNCC2CCCCCC2)cc1. The molecule has 0 aliphatic heterocycles. The van der Waals surface area contributed by atoms with E-state index in [-0.39, 0.29) is 0 Å². The van der Waals surface area contributed by atoms with Gasteiger partial charge in [-0.2, -0.15) is 0 Å². The Labute approximate surface area is 118 Å². The summed E-state index contributed by atoms with van der Waals surface area (Å²) < 4.78 is 0. The predicted octanol–water partition coefficient (Wildman–Crippen LogP) is 4.87. The standard InChI is InChI=1S/C18H29N/c1-15(2)18-11-9-17(10-12-18)14-19-13-16-7-5-3-4-6-8-16/h9-12,15-16,19H,3-8,13-14H2,1-2H3. The molecule has 1 N–H and O–H groups in total. The van der Waals surface area contributed by atoms with Gasteiger partial charge in [-0.05, 0) is 42.3 Å². The lowest BCUT2D eigenvalue weighted by atomic mass is 10.00. The molecular formula is C18H29N. The molecule has 1 aromatic rings. The van der Waals surface area contributed by atoms with Gasteiger partial charge in [-0.3, -0.25) is 0 Å². The lowest BCUT2D eigenvalue weighted by Crippen LogP contribution is -2.22. The highest BCUT2D eigenvalue weighted by Gasteiger charge is 2.11. The summed E-state index contributed by atoms with van der Waals surface area (Å²) in [6.07, 6.45) is 8.64.